The van der Waals surface area contributed by atoms with Crippen LogP contribution in [0.5, 0.6) is 0 Å². The van der Waals surface area contributed by atoms with Gasteiger partial charge in [0.15, 0.2) is 0 Å². The Balaban J connectivity index is 1.38. The third kappa shape index (κ3) is 8.42. The van der Waals surface area contributed by atoms with Gasteiger partial charge in [0.1, 0.15) is 6.10 Å². The molecule has 0 spiro atoms. The molecule has 2 aromatic rings. The van der Waals surface area contributed by atoms with E-state index in [0.717, 1.165) is 48.8 Å². The number of carboxylic acid groups (broad SMARTS) is 1. The van der Waals surface area contributed by atoms with Crippen molar-refractivity contribution in [3.05, 3.63) is 72.8 Å². The van der Waals surface area contributed by atoms with E-state index in [2.05, 4.69) is 11.9 Å². The molecule has 0 bridgehead atoms. The van der Waals surface area contributed by atoms with Gasteiger partial charge in [-0.2, -0.15) is 0 Å². The quantitative estimate of drug-likeness (QED) is 0.179. The summed E-state index contributed by atoms with van der Waals surface area (Å²) in [5, 5.41) is 12.0. The molecule has 0 aromatic heterocycles. The summed E-state index contributed by atoms with van der Waals surface area (Å²) in [6, 6.07) is 18.0. The van der Waals surface area contributed by atoms with E-state index in [9.17, 15) is 19.2 Å². The molecule has 2 saturated carbocycles. The van der Waals surface area contributed by atoms with Crippen molar-refractivity contribution in [1.82, 2.24) is 5.32 Å². The van der Waals surface area contributed by atoms with E-state index in [1.807, 2.05) is 54.6 Å². The van der Waals surface area contributed by atoms with Crippen molar-refractivity contribution >= 4 is 24.0 Å². The van der Waals surface area contributed by atoms with Crippen LogP contribution in [0.4, 0.5) is 4.79 Å². The maximum Gasteiger partial charge on any atom is 0.511 e. The van der Waals surface area contributed by atoms with Gasteiger partial charge in [-0.15, -0.1) is 6.58 Å². The molecular formula is C32H37NO8. The Kier molecular flexibility index (Phi) is 10.2. The number of carbonyl (C=O) groups excluding carboxylic acids is 3. The van der Waals surface area contributed by atoms with E-state index < -0.39 is 42.3 Å². The highest BCUT2D eigenvalue weighted by Gasteiger charge is 2.57. The summed E-state index contributed by atoms with van der Waals surface area (Å²) in [5.41, 5.74) is 2.36. The van der Waals surface area contributed by atoms with Gasteiger partial charge in [-0.25, -0.2) is 4.79 Å². The molecule has 2 fully saturated rings. The number of ether oxygens (including phenoxy) is 3. The molecule has 0 radical (unpaired) electrons. The third-order valence-electron chi connectivity index (χ3n) is 7.81. The Morgan fingerprint density at radius 2 is 1.63 bits per heavy atom. The Hall–Kier alpha value is -4.14. The molecular weight excluding hydrogens is 526 g/mol. The minimum Gasteiger partial charge on any atom is -0.481 e. The maximum atomic E-state index is 12.9. The van der Waals surface area contributed by atoms with Crippen LogP contribution in [0.3, 0.4) is 0 Å². The minimum absolute atomic E-state index is 0.0851. The summed E-state index contributed by atoms with van der Waals surface area (Å²) in [6.45, 7) is 3.19. The van der Waals surface area contributed by atoms with Gasteiger partial charge >= 0.3 is 18.1 Å². The molecule has 9 heteroatoms. The fourth-order valence-electron chi connectivity index (χ4n) is 5.51. The Morgan fingerprint density at radius 1 is 0.951 bits per heavy atom. The first-order valence-electron chi connectivity index (χ1n) is 14.1. The largest absolute Gasteiger partial charge is 0.511 e. The van der Waals surface area contributed by atoms with Crippen molar-refractivity contribution in [3.8, 4) is 11.1 Å². The number of aliphatic carboxylic acids is 1. The van der Waals surface area contributed by atoms with E-state index in [1.54, 1.807) is 0 Å². The van der Waals surface area contributed by atoms with Crippen LogP contribution in [0.1, 0.15) is 69.3 Å². The van der Waals surface area contributed by atoms with E-state index >= 15 is 0 Å². The number of esters is 1. The second-order valence-electron chi connectivity index (χ2n) is 10.7. The van der Waals surface area contributed by atoms with E-state index in [-0.39, 0.29) is 31.3 Å². The SMILES string of the molecule is C=C[C@H](CC1(NC(=O)CCC(=O)O)C[C@@H]1c1ccc(-c2ccccc2)cc1)C(=O)OCOC(=O)OC1CCCCC1. The second kappa shape index (κ2) is 14.0. The molecule has 2 aliphatic carbocycles. The summed E-state index contributed by atoms with van der Waals surface area (Å²) < 4.78 is 15.4. The normalized spacial score (nSPS) is 20.7. The molecule has 4 rings (SSSR count). The first-order chi connectivity index (χ1) is 19.8. The van der Waals surface area contributed by atoms with Crippen LogP contribution in [-0.4, -0.2) is 47.5 Å². The number of rotatable bonds is 13. The molecule has 2 N–H and O–H groups in total. The highest BCUT2D eigenvalue weighted by molar-refractivity contribution is 5.82. The molecule has 41 heavy (non-hydrogen) atoms. The average molecular weight is 564 g/mol. The smallest absolute Gasteiger partial charge is 0.481 e. The fraction of sp³-hybridized carbons (Fsp3) is 0.438. The third-order valence-corrected chi connectivity index (χ3v) is 7.81. The number of carbonyl (C=O) groups is 4. The number of hydrogen-bond acceptors (Lipinski definition) is 7. The molecule has 9 nitrogen and oxygen atoms in total. The van der Waals surface area contributed by atoms with E-state index in [0.29, 0.717) is 6.42 Å². The lowest BCUT2D eigenvalue weighted by Crippen LogP contribution is -2.41. The highest BCUT2D eigenvalue weighted by Crippen LogP contribution is 2.55. The summed E-state index contributed by atoms with van der Waals surface area (Å²) in [5.74, 6) is -2.98. The lowest BCUT2D eigenvalue weighted by molar-refractivity contribution is -0.157. The van der Waals surface area contributed by atoms with Crippen LogP contribution in [0.25, 0.3) is 11.1 Å². The maximum absolute atomic E-state index is 12.9. The van der Waals surface area contributed by atoms with Gasteiger partial charge in [0, 0.05) is 17.9 Å². The molecule has 3 atom stereocenters. The number of nitrogens with one attached hydrogen (secondary N) is 1. The van der Waals surface area contributed by atoms with Crippen LogP contribution in [0.15, 0.2) is 67.3 Å². The van der Waals surface area contributed by atoms with Gasteiger partial charge in [-0.1, -0.05) is 67.1 Å². The zero-order chi connectivity index (χ0) is 29.2. The summed E-state index contributed by atoms with van der Waals surface area (Å²) in [4.78, 5) is 48.5. The van der Waals surface area contributed by atoms with Gasteiger partial charge < -0.3 is 24.6 Å². The number of amides is 1. The van der Waals surface area contributed by atoms with Crippen molar-refractivity contribution in [3.63, 3.8) is 0 Å². The summed E-state index contributed by atoms with van der Waals surface area (Å²) in [6.07, 6.45) is 5.42. The predicted molar refractivity (Wildman–Crippen MR) is 151 cm³/mol. The van der Waals surface area contributed by atoms with Crippen LogP contribution >= 0.6 is 0 Å². The molecule has 2 aromatic carbocycles. The van der Waals surface area contributed by atoms with E-state index in [4.69, 9.17) is 19.3 Å². The van der Waals surface area contributed by atoms with Crippen molar-refractivity contribution in [2.24, 2.45) is 5.92 Å². The van der Waals surface area contributed by atoms with E-state index in [1.165, 1.54) is 6.08 Å². The average Bonchev–Trinajstić information content (AvgIpc) is 3.68. The second-order valence-corrected chi connectivity index (χ2v) is 10.7. The molecule has 218 valence electrons. The number of benzene rings is 2. The molecule has 0 saturated heterocycles. The van der Waals surface area contributed by atoms with Crippen LogP contribution in [0.2, 0.25) is 0 Å². The highest BCUT2D eigenvalue weighted by atomic mass is 16.8. The summed E-state index contributed by atoms with van der Waals surface area (Å²) >= 11 is 0. The Bertz CT molecular complexity index is 1220. The number of carboxylic acids is 1. The van der Waals surface area contributed by atoms with Gasteiger partial charge in [0.25, 0.3) is 0 Å². The van der Waals surface area contributed by atoms with Crippen molar-refractivity contribution in [2.45, 2.75) is 75.3 Å². The number of hydrogen-bond donors (Lipinski definition) is 2. The van der Waals surface area contributed by atoms with Crippen molar-refractivity contribution in [1.29, 1.82) is 0 Å². The Morgan fingerprint density at radius 3 is 2.29 bits per heavy atom. The molecule has 0 heterocycles. The lowest BCUT2D eigenvalue weighted by Gasteiger charge is -2.24. The van der Waals surface area contributed by atoms with Crippen LogP contribution < -0.4 is 5.32 Å². The zero-order valence-corrected chi connectivity index (χ0v) is 23.1. The molecule has 0 aliphatic heterocycles. The molecule has 2 aliphatic rings. The zero-order valence-electron chi connectivity index (χ0n) is 23.1. The van der Waals surface area contributed by atoms with Gasteiger partial charge in [-0.3, -0.25) is 14.4 Å². The summed E-state index contributed by atoms with van der Waals surface area (Å²) in [7, 11) is 0. The minimum atomic E-state index is -1.06. The van der Waals surface area contributed by atoms with Gasteiger partial charge in [0.2, 0.25) is 12.7 Å². The van der Waals surface area contributed by atoms with Gasteiger partial charge in [0.05, 0.1) is 12.3 Å². The predicted octanol–water partition coefficient (Wildman–Crippen LogP) is 5.74. The standard InChI is InChI=1S/C32H37NO8/c1-2-22(30(37)39-21-40-31(38)41-26-11-7-4-8-12-26)19-32(33-28(34)17-18-29(35)36)20-27(32)25-15-13-24(14-16-25)23-9-5-3-6-10-23/h2-3,5-6,9-10,13-16,22,26-27H,1,4,7-8,11-12,17-21H2,(H,33,34)(H,35,36)/t22-,27-,32?/m1/s1. The topological polar surface area (TPSA) is 128 Å². The van der Waals surface area contributed by atoms with Gasteiger partial charge in [-0.05, 0) is 55.2 Å². The first-order valence-corrected chi connectivity index (χ1v) is 14.1. The van der Waals surface area contributed by atoms with Crippen molar-refractivity contribution in [2.75, 3.05) is 6.79 Å². The molecule has 1 amide bonds. The lowest BCUT2D eigenvalue weighted by atomic mass is 9.93. The molecule has 1 unspecified atom stereocenters. The Labute approximate surface area is 239 Å². The monoisotopic (exact) mass is 563 g/mol. The van der Waals surface area contributed by atoms with Crippen molar-refractivity contribution < 1.29 is 38.5 Å². The first kappa shape index (κ1) is 29.8. The fourth-order valence-corrected chi connectivity index (χ4v) is 5.51. The van der Waals surface area contributed by atoms with Crippen LogP contribution in [-0.2, 0) is 28.6 Å². The van der Waals surface area contributed by atoms with Crippen LogP contribution in [0, 0.1) is 5.92 Å².